The van der Waals surface area contributed by atoms with Crippen molar-refractivity contribution < 1.29 is 14.2 Å². The first kappa shape index (κ1) is 19.2. The molecule has 1 saturated heterocycles. The van der Waals surface area contributed by atoms with Crippen LogP contribution in [0.3, 0.4) is 0 Å². The molecule has 1 aliphatic heterocycles. The topological polar surface area (TPSA) is 87.1 Å². The first-order valence-electron chi connectivity index (χ1n) is 9.21. The highest BCUT2D eigenvalue weighted by molar-refractivity contribution is 5.81. The molecule has 1 aromatic heterocycles. The van der Waals surface area contributed by atoms with E-state index in [1.807, 2.05) is 32.0 Å². The van der Waals surface area contributed by atoms with Gasteiger partial charge in [-0.3, -0.25) is 4.90 Å². The molecule has 0 unspecified atom stereocenters. The largest absolute Gasteiger partial charge is 0.490 e. The standard InChI is InChI=1S/C19H27N5O3/c1-3-26-18-12-16(13-21-24-14-15(2)22-19(24)20)4-5-17(18)27-11-8-23-6-9-25-10-7-23/h4-5,12-14H,3,6-11H2,1-2H3,(H2,20,22). The Labute approximate surface area is 159 Å². The smallest absolute Gasteiger partial charge is 0.221 e. The summed E-state index contributed by atoms with van der Waals surface area (Å²) in [5, 5.41) is 4.34. The van der Waals surface area contributed by atoms with E-state index in [0.29, 0.717) is 24.9 Å². The van der Waals surface area contributed by atoms with Crippen molar-refractivity contribution in [2.75, 3.05) is 51.8 Å². The van der Waals surface area contributed by atoms with E-state index in [-0.39, 0.29) is 0 Å². The number of hydrogen-bond acceptors (Lipinski definition) is 7. The monoisotopic (exact) mass is 373 g/mol. The molecule has 1 fully saturated rings. The Morgan fingerprint density at radius 1 is 1.26 bits per heavy atom. The lowest BCUT2D eigenvalue weighted by Gasteiger charge is -2.26. The number of nitrogens with two attached hydrogens (primary N) is 1. The number of hydrogen-bond donors (Lipinski definition) is 1. The fourth-order valence-corrected chi connectivity index (χ4v) is 2.83. The third-order valence-electron chi connectivity index (χ3n) is 4.20. The highest BCUT2D eigenvalue weighted by Crippen LogP contribution is 2.28. The Bertz CT molecular complexity index is 769. The molecule has 2 heterocycles. The molecule has 0 spiro atoms. The molecule has 0 bridgehead atoms. The normalized spacial score (nSPS) is 15.3. The van der Waals surface area contributed by atoms with Crippen LogP contribution < -0.4 is 15.2 Å². The highest BCUT2D eigenvalue weighted by Gasteiger charge is 2.11. The average Bonchev–Trinajstić information content (AvgIpc) is 3.00. The molecule has 27 heavy (non-hydrogen) atoms. The Balaban J connectivity index is 1.63. The van der Waals surface area contributed by atoms with Gasteiger partial charge in [-0.2, -0.15) is 5.10 Å². The average molecular weight is 373 g/mol. The summed E-state index contributed by atoms with van der Waals surface area (Å²) in [5.74, 6) is 1.80. The number of imidazole rings is 1. The second-order valence-electron chi connectivity index (χ2n) is 6.27. The van der Waals surface area contributed by atoms with Crippen LogP contribution in [0, 0.1) is 6.92 Å². The fourth-order valence-electron chi connectivity index (χ4n) is 2.83. The summed E-state index contributed by atoms with van der Waals surface area (Å²) in [5.41, 5.74) is 7.52. The van der Waals surface area contributed by atoms with Crippen LogP contribution in [0.4, 0.5) is 5.95 Å². The summed E-state index contributed by atoms with van der Waals surface area (Å²) in [6.07, 6.45) is 3.50. The molecular formula is C19H27N5O3. The third kappa shape index (κ3) is 5.45. The number of aromatic nitrogens is 2. The van der Waals surface area contributed by atoms with E-state index in [9.17, 15) is 0 Å². The summed E-state index contributed by atoms with van der Waals surface area (Å²) in [4.78, 5) is 6.46. The van der Waals surface area contributed by atoms with Crippen LogP contribution in [-0.4, -0.2) is 66.8 Å². The van der Waals surface area contributed by atoms with Crippen LogP contribution in [0.5, 0.6) is 11.5 Å². The van der Waals surface area contributed by atoms with Gasteiger partial charge in [-0.1, -0.05) is 0 Å². The number of ether oxygens (including phenoxy) is 3. The Morgan fingerprint density at radius 3 is 2.78 bits per heavy atom. The molecule has 8 heteroatoms. The lowest BCUT2D eigenvalue weighted by molar-refractivity contribution is 0.0321. The van der Waals surface area contributed by atoms with Gasteiger partial charge in [-0.05, 0) is 37.6 Å². The minimum atomic E-state index is 0.358. The van der Waals surface area contributed by atoms with E-state index < -0.39 is 0 Å². The van der Waals surface area contributed by atoms with Crippen molar-refractivity contribution >= 4 is 12.2 Å². The number of anilines is 1. The van der Waals surface area contributed by atoms with Gasteiger partial charge in [0.2, 0.25) is 5.95 Å². The zero-order valence-electron chi connectivity index (χ0n) is 15.9. The lowest BCUT2D eigenvalue weighted by Crippen LogP contribution is -2.38. The molecule has 0 radical (unpaired) electrons. The molecule has 8 nitrogen and oxygen atoms in total. The van der Waals surface area contributed by atoms with E-state index in [1.54, 1.807) is 17.1 Å². The Hall–Kier alpha value is -2.58. The van der Waals surface area contributed by atoms with E-state index in [0.717, 1.165) is 49.9 Å². The minimum Gasteiger partial charge on any atom is -0.490 e. The second kappa shape index (κ2) is 9.38. The maximum Gasteiger partial charge on any atom is 0.221 e. The Morgan fingerprint density at radius 2 is 2.07 bits per heavy atom. The van der Waals surface area contributed by atoms with Gasteiger partial charge in [-0.25, -0.2) is 9.66 Å². The molecule has 0 saturated carbocycles. The summed E-state index contributed by atoms with van der Waals surface area (Å²) < 4.78 is 18.6. The number of rotatable bonds is 8. The zero-order chi connectivity index (χ0) is 19.1. The number of benzene rings is 1. The number of aryl methyl sites for hydroxylation is 1. The van der Waals surface area contributed by atoms with Crippen molar-refractivity contribution in [2.45, 2.75) is 13.8 Å². The first-order valence-corrected chi connectivity index (χ1v) is 9.21. The molecule has 3 rings (SSSR count). The minimum absolute atomic E-state index is 0.358. The number of morpholine rings is 1. The van der Waals surface area contributed by atoms with Crippen LogP contribution >= 0.6 is 0 Å². The number of nitrogen functional groups attached to an aromatic ring is 1. The van der Waals surface area contributed by atoms with Gasteiger partial charge in [0, 0.05) is 19.6 Å². The molecule has 2 aromatic rings. The number of nitrogens with zero attached hydrogens (tertiary/aromatic N) is 4. The van der Waals surface area contributed by atoms with E-state index in [1.165, 1.54) is 0 Å². The molecule has 146 valence electrons. The summed E-state index contributed by atoms with van der Waals surface area (Å²) in [7, 11) is 0. The highest BCUT2D eigenvalue weighted by atomic mass is 16.5. The van der Waals surface area contributed by atoms with Gasteiger partial charge in [0.15, 0.2) is 11.5 Å². The SMILES string of the molecule is CCOc1cc(C=Nn2cc(C)nc2N)ccc1OCCN1CCOCC1. The van der Waals surface area contributed by atoms with E-state index >= 15 is 0 Å². The third-order valence-corrected chi connectivity index (χ3v) is 4.20. The quantitative estimate of drug-likeness (QED) is 0.710. The zero-order valence-corrected chi connectivity index (χ0v) is 15.9. The molecule has 1 aliphatic rings. The van der Waals surface area contributed by atoms with Gasteiger partial charge >= 0.3 is 0 Å². The van der Waals surface area contributed by atoms with Crippen molar-refractivity contribution in [3.8, 4) is 11.5 Å². The van der Waals surface area contributed by atoms with E-state index in [4.69, 9.17) is 19.9 Å². The predicted molar refractivity (Wildman–Crippen MR) is 105 cm³/mol. The predicted octanol–water partition coefficient (Wildman–Crippen LogP) is 1.77. The molecule has 1 aromatic carbocycles. The fraction of sp³-hybridized carbons (Fsp3) is 0.474. The van der Waals surface area contributed by atoms with Gasteiger partial charge in [0.1, 0.15) is 6.61 Å². The Kier molecular flexibility index (Phi) is 6.67. The maximum atomic E-state index is 5.95. The molecule has 0 atom stereocenters. The molecular weight excluding hydrogens is 346 g/mol. The van der Waals surface area contributed by atoms with Crippen molar-refractivity contribution in [1.29, 1.82) is 0 Å². The van der Waals surface area contributed by atoms with Gasteiger partial charge in [0.05, 0.1) is 37.9 Å². The van der Waals surface area contributed by atoms with Crippen LogP contribution in [0.2, 0.25) is 0 Å². The summed E-state index contributed by atoms with van der Waals surface area (Å²) in [6, 6.07) is 5.77. The maximum absolute atomic E-state index is 5.95. The van der Waals surface area contributed by atoms with Crippen LogP contribution in [0.15, 0.2) is 29.5 Å². The first-order chi connectivity index (χ1) is 13.2. The van der Waals surface area contributed by atoms with Crippen molar-refractivity contribution in [1.82, 2.24) is 14.6 Å². The van der Waals surface area contributed by atoms with Gasteiger partial charge < -0.3 is 19.9 Å². The van der Waals surface area contributed by atoms with Crippen LogP contribution in [0.25, 0.3) is 0 Å². The van der Waals surface area contributed by atoms with Crippen LogP contribution in [0.1, 0.15) is 18.2 Å². The summed E-state index contributed by atoms with van der Waals surface area (Å²) >= 11 is 0. The van der Waals surface area contributed by atoms with Gasteiger partial charge in [-0.15, -0.1) is 0 Å². The van der Waals surface area contributed by atoms with E-state index in [2.05, 4.69) is 15.0 Å². The lowest BCUT2D eigenvalue weighted by atomic mass is 10.2. The molecule has 2 N–H and O–H groups in total. The van der Waals surface area contributed by atoms with Crippen molar-refractivity contribution in [3.05, 3.63) is 35.7 Å². The van der Waals surface area contributed by atoms with Crippen molar-refractivity contribution in [2.24, 2.45) is 5.10 Å². The molecule has 0 aliphatic carbocycles. The van der Waals surface area contributed by atoms with Crippen LogP contribution in [-0.2, 0) is 4.74 Å². The summed E-state index contributed by atoms with van der Waals surface area (Å²) in [6.45, 7) is 9.36. The van der Waals surface area contributed by atoms with Gasteiger partial charge in [0.25, 0.3) is 0 Å². The molecule has 0 amide bonds. The second-order valence-corrected chi connectivity index (χ2v) is 6.27. The van der Waals surface area contributed by atoms with Crippen molar-refractivity contribution in [3.63, 3.8) is 0 Å².